The molecule has 2 aromatic carbocycles. The van der Waals surface area contributed by atoms with E-state index in [1.807, 2.05) is 0 Å². The molecule has 1 amide bonds. The van der Waals surface area contributed by atoms with Crippen LogP contribution in [0.2, 0.25) is 0 Å². The number of carboxylic acid groups (broad SMARTS) is 1. The van der Waals surface area contributed by atoms with E-state index < -0.39 is 64.3 Å². The predicted molar refractivity (Wildman–Crippen MR) is 114 cm³/mol. The third-order valence-electron chi connectivity index (χ3n) is 5.75. The standard InChI is InChI=1S/C24H15F7N2O4/c25-16-9-13(37-24(29,30)31)2-3-15(16)23(5-6-23)22(36)33-12-7-14(21(34)35)19(17(26)8-12)11-1-4-18(20(27)28)32-10-11/h1-4,7-10,20H,5-6H2,(H,33,36)(H,34,35). The lowest BCUT2D eigenvalue weighted by atomic mass is 9.93. The van der Waals surface area contributed by atoms with Crippen molar-refractivity contribution < 1.29 is 50.2 Å². The van der Waals surface area contributed by atoms with Crippen molar-refractivity contribution in [1.82, 2.24) is 4.98 Å². The maximum atomic E-state index is 15.0. The van der Waals surface area contributed by atoms with Crippen molar-refractivity contribution in [3.63, 3.8) is 0 Å². The van der Waals surface area contributed by atoms with Gasteiger partial charge in [0, 0.05) is 34.6 Å². The zero-order chi connectivity index (χ0) is 27.1. The van der Waals surface area contributed by atoms with Crippen LogP contribution in [0.4, 0.5) is 36.4 Å². The Bertz CT molecular complexity index is 1370. The lowest BCUT2D eigenvalue weighted by Crippen LogP contribution is -2.29. The summed E-state index contributed by atoms with van der Waals surface area (Å²) in [5.74, 6) is -5.46. The molecule has 0 aliphatic heterocycles. The van der Waals surface area contributed by atoms with Gasteiger partial charge in [0.05, 0.1) is 11.0 Å². The minimum atomic E-state index is -5.04. The molecule has 1 fully saturated rings. The van der Waals surface area contributed by atoms with Gasteiger partial charge in [0.15, 0.2) is 0 Å². The van der Waals surface area contributed by atoms with Crippen LogP contribution in [-0.4, -0.2) is 28.3 Å². The molecular weight excluding hydrogens is 513 g/mol. The number of anilines is 1. The van der Waals surface area contributed by atoms with Crippen molar-refractivity contribution >= 4 is 17.6 Å². The highest BCUT2D eigenvalue weighted by molar-refractivity contribution is 6.03. The number of hydrogen-bond donors (Lipinski definition) is 2. The first-order chi connectivity index (χ1) is 17.3. The fourth-order valence-electron chi connectivity index (χ4n) is 3.90. The largest absolute Gasteiger partial charge is 0.573 e. The molecule has 0 bridgehead atoms. The second-order valence-electron chi connectivity index (χ2n) is 8.18. The molecule has 0 spiro atoms. The lowest BCUT2D eigenvalue weighted by molar-refractivity contribution is -0.274. The first-order valence-electron chi connectivity index (χ1n) is 10.5. The number of benzene rings is 2. The highest BCUT2D eigenvalue weighted by Crippen LogP contribution is 2.50. The van der Waals surface area contributed by atoms with Crippen molar-refractivity contribution in [3.8, 4) is 16.9 Å². The Morgan fingerprint density at radius 1 is 1.03 bits per heavy atom. The van der Waals surface area contributed by atoms with E-state index in [2.05, 4.69) is 15.0 Å². The summed E-state index contributed by atoms with van der Waals surface area (Å²) in [7, 11) is 0. The van der Waals surface area contributed by atoms with Crippen molar-refractivity contribution in [2.45, 2.75) is 31.0 Å². The molecule has 194 valence electrons. The first-order valence-corrected chi connectivity index (χ1v) is 10.5. The van der Waals surface area contributed by atoms with Crippen LogP contribution < -0.4 is 10.1 Å². The molecule has 6 nitrogen and oxygen atoms in total. The maximum Gasteiger partial charge on any atom is 0.573 e. The Balaban J connectivity index is 1.62. The Morgan fingerprint density at radius 3 is 2.24 bits per heavy atom. The van der Waals surface area contributed by atoms with Gasteiger partial charge in [-0.2, -0.15) is 0 Å². The molecule has 1 saturated carbocycles. The number of nitrogens with one attached hydrogen (secondary N) is 1. The Labute approximate surface area is 203 Å². The highest BCUT2D eigenvalue weighted by atomic mass is 19.4. The van der Waals surface area contributed by atoms with Gasteiger partial charge in [0.1, 0.15) is 23.1 Å². The zero-order valence-electron chi connectivity index (χ0n) is 18.4. The normalized spacial score (nSPS) is 14.4. The summed E-state index contributed by atoms with van der Waals surface area (Å²) in [6, 6.07) is 6.04. The maximum absolute atomic E-state index is 15.0. The molecule has 0 radical (unpaired) electrons. The fourth-order valence-corrected chi connectivity index (χ4v) is 3.90. The Morgan fingerprint density at radius 2 is 1.73 bits per heavy atom. The van der Waals surface area contributed by atoms with Crippen LogP contribution in [0.3, 0.4) is 0 Å². The topological polar surface area (TPSA) is 88.5 Å². The van der Waals surface area contributed by atoms with Crippen LogP contribution in [0.15, 0.2) is 48.7 Å². The number of aromatic nitrogens is 1. The number of ether oxygens (including phenoxy) is 1. The van der Waals surface area contributed by atoms with E-state index in [-0.39, 0.29) is 29.7 Å². The van der Waals surface area contributed by atoms with Crippen molar-refractivity contribution in [1.29, 1.82) is 0 Å². The average molecular weight is 528 g/mol. The lowest BCUT2D eigenvalue weighted by Gasteiger charge is -2.18. The summed E-state index contributed by atoms with van der Waals surface area (Å²) in [4.78, 5) is 28.3. The Hall–Kier alpha value is -4.16. The van der Waals surface area contributed by atoms with Crippen LogP contribution >= 0.6 is 0 Å². The summed E-state index contributed by atoms with van der Waals surface area (Å²) >= 11 is 0. The summed E-state index contributed by atoms with van der Waals surface area (Å²) in [5.41, 5.74) is -3.71. The summed E-state index contributed by atoms with van der Waals surface area (Å²) < 4.78 is 95.9. The molecule has 1 aliphatic carbocycles. The number of hydrogen-bond acceptors (Lipinski definition) is 4. The van der Waals surface area contributed by atoms with Gasteiger partial charge >= 0.3 is 12.3 Å². The van der Waals surface area contributed by atoms with E-state index in [9.17, 15) is 45.4 Å². The number of rotatable bonds is 7. The van der Waals surface area contributed by atoms with Gasteiger partial charge in [-0.3, -0.25) is 9.78 Å². The molecular formula is C24H15F7N2O4. The van der Waals surface area contributed by atoms with E-state index in [0.29, 0.717) is 6.07 Å². The number of alkyl halides is 5. The summed E-state index contributed by atoms with van der Waals surface area (Å²) in [6.45, 7) is 0. The van der Waals surface area contributed by atoms with Gasteiger partial charge < -0.3 is 15.2 Å². The number of amides is 1. The van der Waals surface area contributed by atoms with Crippen LogP contribution in [0, 0.1) is 11.6 Å². The summed E-state index contributed by atoms with van der Waals surface area (Å²) in [5, 5.41) is 11.9. The van der Waals surface area contributed by atoms with Gasteiger partial charge in [-0.15, -0.1) is 13.2 Å². The smallest absolute Gasteiger partial charge is 0.478 e. The molecule has 0 atom stereocenters. The fraction of sp³-hybridized carbons (Fsp3) is 0.208. The van der Waals surface area contributed by atoms with E-state index in [1.54, 1.807) is 0 Å². The van der Waals surface area contributed by atoms with Gasteiger partial charge in [-0.05, 0) is 37.1 Å². The van der Waals surface area contributed by atoms with Crippen LogP contribution in [0.25, 0.3) is 11.1 Å². The average Bonchev–Trinajstić information content (AvgIpc) is 3.59. The molecule has 13 heteroatoms. The van der Waals surface area contributed by atoms with Crippen LogP contribution in [0.5, 0.6) is 5.75 Å². The van der Waals surface area contributed by atoms with E-state index in [4.69, 9.17) is 0 Å². The molecule has 4 rings (SSSR count). The van der Waals surface area contributed by atoms with E-state index in [1.165, 1.54) is 0 Å². The van der Waals surface area contributed by atoms with Crippen LogP contribution in [-0.2, 0) is 10.2 Å². The number of aromatic carboxylic acids is 1. The third-order valence-corrected chi connectivity index (χ3v) is 5.75. The number of carboxylic acids is 1. The molecule has 3 aromatic rings. The third kappa shape index (κ3) is 5.34. The van der Waals surface area contributed by atoms with Gasteiger partial charge in [0.25, 0.3) is 6.43 Å². The second-order valence-corrected chi connectivity index (χ2v) is 8.18. The molecule has 1 aromatic heterocycles. The van der Waals surface area contributed by atoms with Crippen molar-refractivity contribution in [2.75, 3.05) is 5.32 Å². The minimum Gasteiger partial charge on any atom is -0.478 e. The van der Waals surface area contributed by atoms with Crippen molar-refractivity contribution in [2.24, 2.45) is 0 Å². The number of carbonyl (C=O) groups excluding carboxylic acids is 1. The number of halogens is 7. The SMILES string of the molecule is O=C(O)c1cc(NC(=O)C2(c3ccc(OC(F)(F)F)cc3F)CC2)cc(F)c1-c1ccc(C(F)F)nc1. The number of pyridine rings is 1. The second kappa shape index (κ2) is 9.37. The molecule has 2 N–H and O–H groups in total. The number of carbonyl (C=O) groups is 2. The number of nitrogens with zero attached hydrogens (tertiary/aromatic N) is 1. The first kappa shape index (κ1) is 25.9. The van der Waals surface area contributed by atoms with Gasteiger partial charge in [-0.25, -0.2) is 22.4 Å². The van der Waals surface area contributed by atoms with Gasteiger partial charge in [-0.1, -0.05) is 12.1 Å². The molecule has 37 heavy (non-hydrogen) atoms. The monoisotopic (exact) mass is 528 g/mol. The predicted octanol–water partition coefficient (Wildman–Crippen LogP) is 6.23. The quantitative estimate of drug-likeness (QED) is 0.355. The Kier molecular flexibility index (Phi) is 6.57. The van der Waals surface area contributed by atoms with Gasteiger partial charge in [0.2, 0.25) is 5.91 Å². The molecule has 1 heterocycles. The highest BCUT2D eigenvalue weighted by Gasteiger charge is 2.53. The molecule has 0 saturated heterocycles. The zero-order valence-corrected chi connectivity index (χ0v) is 18.4. The minimum absolute atomic E-state index is 0.0981. The van der Waals surface area contributed by atoms with E-state index >= 15 is 0 Å². The summed E-state index contributed by atoms with van der Waals surface area (Å²) in [6.07, 6.45) is -6.78. The molecule has 1 aliphatic rings. The molecule has 0 unspecified atom stereocenters. The van der Waals surface area contributed by atoms with Crippen molar-refractivity contribution in [3.05, 3.63) is 77.1 Å². The van der Waals surface area contributed by atoms with E-state index in [0.717, 1.165) is 42.6 Å². The van der Waals surface area contributed by atoms with Crippen LogP contribution in [0.1, 0.15) is 40.9 Å².